The average Bonchev–Trinajstić information content (AvgIpc) is 2.30. The van der Waals surface area contributed by atoms with E-state index in [0.29, 0.717) is 6.61 Å². The van der Waals surface area contributed by atoms with Crippen molar-refractivity contribution < 1.29 is 9.47 Å². The van der Waals surface area contributed by atoms with Crippen molar-refractivity contribution in [3.8, 4) is 5.75 Å². The molecule has 2 atom stereocenters. The predicted molar refractivity (Wildman–Crippen MR) is 65.6 cm³/mol. The molecule has 0 saturated carbocycles. The second-order valence-electron chi connectivity index (χ2n) is 3.89. The van der Waals surface area contributed by atoms with Crippen LogP contribution in [0.15, 0.2) is 24.3 Å². The molecule has 2 N–H and O–H groups in total. The van der Waals surface area contributed by atoms with Gasteiger partial charge in [0.15, 0.2) is 0 Å². The molecule has 1 rings (SSSR count). The molecule has 0 radical (unpaired) electrons. The summed E-state index contributed by atoms with van der Waals surface area (Å²) < 4.78 is 10.6. The zero-order valence-electron chi connectivity index (χ0n) is 10.3. The largest absolute Gasteiger partial charge is 0.494 e. The molecule has 0 heterocycles. The van der Waals surface area contributed by atoms with Gasteiger partial charge in [0.25, 0.3) is 0 Å². The summed E-state index contributed by atoms with van der Waals surface area (Å²) in [7, 11) is 1.70. The molecule has 0 aliphatic carbocycles. The Balaban J connectivity index is 2.59. The first kappa shape index (κ1) is 13.0. The third-order valence-electron chi connectivity index (χ3n) is 2.61. The van der Waals surface area contributed by atoms with E-state index in [9.17, 15) is 0 Å². The van der Waals surface area contributed by atoms with Crippen molar-refractivity contribution >= 4 is 0 Å². The number of benzene rings is 1. The minimum absolute atomic E-state index is 0.0191. The minimum atomic E-state index is 0.0191. The smallest absolute Gasteiger partial charge is 0.119 e. The van der Waals surface area contributed by atoms with Crippen LogP contribution in [0.4, 0.5) is 0 Å². The van der Waals surface area contributed by atoms with Crippen molar-refractivity contribution in [3.05, 3.63) is 29.8 Å². The van der Waals surface area contributed by atoms with Gasteiger partial charge in [0.05, 0.1) is 12.7 Å². The molecular formula is C13H21NO2. The molecule has 0 aliphatic heterocycles. The van der Waals surface area contributed by atoms with Crippen LogP contribution in [-0.4, -0.2) is 19.8 Å². The molecule has 0 aliphatic rings. The number of hydrogen-bond acceptors (Lipinski definition) is 3. The highest BCUT2D eigenvalue weighted by Crippen LogP contribution is 2.20. The van der Waals surface area contributed by atoms with Crippen molar-refractivity contribution in [1.82, 2.24) is 0 Å². The summed E-state index contributed by atoms with van der Waals surface area (Å²) in [6.07, 6.45) is 1.01. The fourth-order valence-corrected chi connectivity index (χ4v) is 1.57. The van der Waals surface area contributed by atoms with Crippen LogP contribution in [0.2, 0.25) is 0 Å². The van der Waals surface area contributed by atoms with Crippen molar-refractivity contribution in [2.24, 2.45) is 5.73 Å². The summed E-state index contributed by atoms with van der Waals surface area (Å²) in [6.45, 7) is 4.68. The summed E-state index contributed by atoms with van der Waals surface area (Å²) in [5.74, 6) is 0.887. The van der Waals surface area contributed by atoms with Crippen LogP contribution in [0.1, 0.15) is 31.9 Å². The lowest BCUT2D eigenvalue weighted by atomic mass is 10.0. The van der Waals surface area contributed by atoms with E-state index in [-0.39, 0.29) is 12.1 Å². The van der Waals surface area contributed by atoms with Crippen molar-refractivity contribution in [1.29, 1.82) is 0 Å². The molecule has 1 aromatic carbocycles. The van der Waals surface area contributed by atoms with Gasteiger partial charge >= 0.3 is 0 Å². The second kappa shape index (κ2) is 6.51. The topological polar surface area (TPSA) is 44.5 Å². The van der Waals surface area contributed by atoms with Crippen molar-refractivity contribution in [2.75, 3.05) is 13.7 Å². The maximum absolute atomic E-state index is 6.07. The molecule has 0 saturated heterocycles. The van der Waals surface area contributed by atoms with Crippen LogP contribution in [-0.2, 0) is 4.74 Å². The Morgan fingerprint density at radius 2 is 1.88 bits per heavy atom. The van der Waals surface area contributed by atoms with Gasteiger partial charge in [0.2, 0.25) is 0 Å². The van der Waals surface area contributed by atoms with Crippen molar-refractivity contribution in [2.45, 2.75) is 32.4 Å². The van der Waals surface area contributed by atoms with Crippen LogP contribution in [0.5, 0.6) is 5.75 Å². The Bertz CT molecular complexity index is 297. The highest BCUT2D eigenvalue weighted by atomic mass is 16.5. The summed E-state index contributed by atoms with van der Waals surface area (Å²) in [6, 6.07) is 7.95. The van der Waals surface area contributed by atoms with Crippen LogP contribution >= 0.6 is 0 Å². The van der Waals surface area contributed by atoms with Gasteiger partial charge in [0.1, 0.15) is 5.75 Å². The summed E-state index contributed by atoms with van der Waals surface area (Å²) >= 11 is 0. The number of hydrogen-bond donors (Lipinski definition) is 1. The van der Waals surface area contributed by atoms with Crippen LogP contribution < -0.4 is 10.5 Å². The molecule has 3 nitrogen and oxygen atoms in total. The van der Waals surface area contributed by atoms with E-state index in [2.05, 4.69) is 0 Å². The molecule has 0 amide bonds. The number of rotatable bonds is 6. The normalized spacial score (nSPS) is 14.5. The predicted octanol–water partition coefficient (Wildman–Crippen LogP) is 2.51. The fourth-order valence-electron chi connectivity index (χ4n) is 1.57. The molecule has 0 bridgehead atoms. The van der Waals surface area contributed by atoms with Crippen LogP contribution in [0.25, 0.3) is 0 Å². The summed E-state index contributed by atoms with van der Waals surface area (Å²) in [5.41, 5.74) is 7.19. The summed E-state index contributed by atoms with van der Waals surface area (Å²) in [4.78, 5) is 0. The van der Waals surface area contributed by atoms with Gasteiger partial charge in [-0.3, -0.25) is 0 Å². The van der Waals surface area contributed by atoms with Gasteiger partial charge in [-0.05, 0) is 38.0 Å². The second-order valence-corrected chi connectivity index (χ2v) is 3.89. The maximum Gasteiger partial charge on any atom is 0.119 e. The Kier molecular flexibility index (Phi) is 5.29. The van der Waals surface area contributed by atoms with Crippen LogP contribution in [0.3, 0.4) is 0 Å². The molecule has 90 valence electrons. The molecule has 3 heteroatoms. The standard InChI is InChI=1S/C13H21NO2/c1-4-16-12-7-5-11(6-8-12)13(14)9-10(2)15-3/h5-8,10,13H,4,9,14H2,1-3H3. The minimum Gasteiger partial charge on any atom is -0.494 e. The molecule has 1 aromatic rings. The zero-order valence-corrected chi connectivity index (χ0v) is 10.3. The van der Waals surface area contributed by atoms with Gasteiger partial charge in [-0.1, -0.05) is 12.1 Å². The highest BCUT2D eigenvalue weighted by molar-refractivity contribution is 5.29. The first-order valence-electron chi connectivity index (χ1n) is 5.68. The van der Waals surface area contributed by atoms with Gasteiger partial charge in [-0.25, -0.2) is 0 Å². The number of nitrogens with two attached hydrogens (primary N) is 1. The third kappa shape index (κ3) is 3.83. The number of ether oxygens (including phenoxy) is 2. The van der Waals surface area contributed by atoms with E-state index >= 15 is 0 Å². The molecular weight excluding hydrogens is 202 g/mol. The van der Waals surface area contributed by atoms with Gasteiger partial charge in [-0.15, -0.1) is 0 Å². The molecule has 16 heavy (non-hydrogen) atoms. The lowest BCUT2D eigenvalue weighted by Crippen LogP contribution is -2.18. The van der Waals surface area contributed by atoms with Gasteiger partial charge in [0, 0.05) is 13.2 Å². The monoisotopic (exact) mass is 223 g/mol. The van der Waals surface area contributed by atoms with Gasteiger partial charge < -0.3 is 15.2 Å². The van der Waals surface area contributed by atoms with E-state index in [1.54, 1.807) is 7.11 Å². The lowest BCUT2D eigenvalue weighted by Gasteiger charge is -2.16. The quantitative estimate of drug-likeness (QED) is 0.806. The Morgan fingerprint density at radius 3 is 2.38 bits per heavy atom. The van der Waals surface area contributed by atoms with E-state index in [1.165, 1.54) is 0 Å². The summed E-state index contributed by atoms with van der Waals surface area (Å²) in [5, 5.41) is 0. The molecule has 0 spiro atoms. The lowest BCUT2D eigenvalue weighted by molar-refractivity contribution is 0.104. The maximum atomic E-state index is 6.07. The Morgan fingerprint density at radius 1 is 1.25 bits per heavy atom. The van der Waals surface area contributed by atoms with Gasteiger partial charge in [-0.2, -0.15) is 0 Å². The van der Waals surface area contributed by atoms with E-state index < -0.39 is 0 Å². The number of methoxy groups -OCH3 is 1. The highest BCUT2D eigenvalue weighted by Gasteiger charge is 2.10. The average molecular weight is 223 g/mol. The SMILES string of the molecule is CCOc1ccc(C(N)CC(C)OC)cc1. The molecule has 2 unspecified atom stereocenters. The first-order chi connectivity index (χ1) is 7.67. The van der Waals surface area contributed by atoms with E-state index in [0.717, 1.165) is 17.7 Å². The molecule has 0 aromatic heterocycles. The molecule has 0 fully saturated rings. The first-order valence-corrected chi connectivity index (χ1v) is 5.68. The third-order valence-corrected chi connectivity index (χ3v) is 2.61. The van der Waals surface area contributed by atoms with Crippen LogP contribution in [0, 0.1) is 0 Å². The fraction of sp³-hybridized carbons (Fsp3) is 0.538. The zero-order chi connectivity index (χ0) is 12.0. The van der Waals surface area contributed by atoms with E-state index in [1.807, 2.05) is 38.1 Å². The van der Waals surface area contributed by atoms with Crippen molar-refractivity contribution in [3.63, 3.8) is 0 Å². The van der Waals surface area contributed by atoms with E-state index in [4.69, 9.17) is 15.2 Å². The Hall–Kier alpha value is -1.06. The Labute approximate surface area is 97.6 Å².